The van der Waals surface area contributed by atoms with Crippen LogP contribution in [0.1, 0.15) is 0 Å². The second-order valence-corrected chi connectivity index (χ2v) is 30.0. The van der Waals surface area contributed by atoms with Crippen molar-refractivity contribution < 1.29 is 0 Å². The minimum absolute atomic E-state index is 0.661. The van der Waals surface area contributed by atoms with E-state index in [1.165, 1.54) is 143 Å². The molecule has 0 saturated heterocycles. The maximum Gasteiger partial charge on any atom is 0.235 e. The molecular formula is C108H68N8. The highest BCUT2D eigenvalue weighted by Gasteiger charge is 2.23. The van der Waals surface area contributed by atoms with Gasteiger partial charge >= 0.3 is 0 Å². The summed E-state index contributed by atoms with van der Waals surface area (Å²) in [5.41, 5.74) is 26.8. The highest BCUT2D eigenvalue weighted by atomic mass is 15.2. The van der Waals surface area contributed by atoms with Crippen LogP contribution in [0.2, 0.25) is 0 Å². The third-order valence-electron chi connectivity index (χ3n) is 23.5. The van der Waals surface area contributed by atoms with Gasteiger partial charge in [0.1, 0.15) is 0 Å². The van der Waals surface area contributed by atoms with E-state index in [1.54, 1.807) is 0 Å². The average Bonchev–Trinajstić information content (AvgIpc) is 1.81. The minimum atomic E-state index is 0.661. The predicted molar refractivity (Wildman–Crippen MR) is 484 cm³/mol. The lowest BCUT2D eigenvalue weighted by Gasteiger charge is -2.13. The Balaban J connectivity index is 0.000000137. The van der Waals surface area contributed by atoms with Crippen molar-refractivity contribution in [3.8, 4) is 90.3 Å². The summed E-state index contributed by atoms with van der Waals surface area (Å²) in [4.78, 5) is 21.1. The third kappa shape index (κ3) is 11.0. The molecule has 0 radical (unpaired) electrons. The topological polar surface area (TPSA) is 71.3 Å². The van der Waals surface area contributed by atoms with Crippen LogP contribution < -0.4 is 0 Å². The largest absolute Gasteiger partial charge is 0.309 e. The molecule has 24 rings (SSSR count). The Labute approximate surface area is 667 Å². The fourth-order valence-electron chi connectivity index (χ4n) is 18.0. The summed E-state index contributed by atoms with van der Waals surface area (Å²) < 4.78 is 9.17. The Morgan fingerprint density at radius 2 is 0.457 bits per heavy atom. The van der Waals surface area contributed by atoms with Crippen LogP contribution in [0.4, 0.5) is 0 Å². The summed E-state index contributed by atoms with van der Waals surface area (Å²) in [6, 6.07) is 148. The van der Waals surface area contributed by atoms with E-state index in [0.717, 1.165) is 66.4 Å². The average molecular weight is 1480 g/mol. The van der Waals surface area contributed by atoms with Gasteiger partial charge in [-0.3, -0.25) is 9.13 Å². The molecule has 0 aliphatic heterocycles. The van der Waals surface area contributed by atoms with Gasteiger partial charge in [-0.2, -0.15) is 0 Å². The molecule has 116 heavy (non-hydrogen) atoms. The number of fused-ring (bicyclic) bond motifs is 16. The molecule has 0 spiro atoms. The molecule has 24 aromatic rings. The van der Waals surface area contributed by atoms with Gasteiger partial charge in [-0.05, 0) is 181 Å². The quantitative estimate of drug-likeness (QED) is 0.137. The van der Waals surface area contributed by atoms with Gasteiger partial charge in [0.15, 0.2) is 0 Å². The summed E-state index contributed by atoms with van der Waals surface area (Å²) in [6.07, 6.45) is 0. The monoisotopic (exact) mass is 1480 g/mol. The molecule has 0 amide bonds. The molecule has 0 bridgehead atoms. The first-order valence-corrected chi connectivity index (χ1v) is 39.5. The molecule has 0 saturated carbocycles. The summed E-state index contributed by atoms with van der Waals surface area (Å²) in [7, 11) is 0. The van der Waals surface area contributed by atoms with Gasteiger partial charge in [0.2, 0.25) is 11.9 Å². The lowest BCUT2D eigenvalue weighted by molar-refractivity contribution is 1.01. The molecular weight excluding hydrogens is 1410 g/mol. The zero-order chi connectivity index (χ0) is 76.3. The third-order valence-corrected chi connectivity index (χ3v) is 23.5. The van der Waals surface area contributed by atoms with E-state index >= 15 is 0 Å². The molecule has 0 aliphatic rings. The van der Waals surface area contributed by atoms with E-state index in [1.807, 2.05) is 0 Å². The molecule has 18 aromatic carbocycles. The lowest BCUT2D eigenvalue weighted by Crippen LogP contribution is -2.03. The first-order valence-electron chi connectivity index (χ1n) is 39.5. The van der Waals surface area contributed by atoms with Gasteiger partial charge in [0.05, 0.1) is 66.6 Å². The normalized spacial score (nSPS) is 11.8. The SMILES string of the molecule is c1ccc(-n2c3ccccc3c3cc(-c4ccc(-c5ccc6c(c5)c5ccccc5n6-c5nc(-c6ccc7ccccc7c6)c6ccccc6n5)cc4)ccc32)cc1.c1ccc(-n2c3ccccc3c3cc(-c4ccc(-c5ccc6c(c5)c5ccccc5n6-c5nc(-c6cccc7ccccc67)c6ccccc6n5)cc4)ccc32)cc1. The van der Waals surface area contributed by atoms with Crippen LogP contribution in [0.3, 0.4) is 0 Å². The van der Waals surface area contributed by atoms with Crippen LogP contribution in [0.5, 0.6) is 0 Å². The van der Waals surface area contributed by atoms with Gasteiger partial charge in [0, 0.05) is 76.4 Å². The van der Waals surface area contributed by atoms with E-state index in [0.29, 0.717) is 11.9 Å². The minimum Gasteiger partial charge on any atom is -0.309 e. The van der Waals surface area contributed by atoms with Gasteiger partial charge in [-0.1, -0.05) is 297 Å². The van der Waals surface area contributed by atoms with Crippen LogP contribution in [-0.4, -0.2) is 38.2 Å². The van der Waals surface area contributed by atoms with E-state index in [9.17, 15) is 0 Å². The number of nitrogens with zero attached hydrogens (tertiary/aromatic N) is 8. The highest BCUT2D eigenvalue weighted by molar-refractivity contribution is 6.15. The molecule has 0 fully saturated rings. The summed E-state index contributed by atoms with van der Waals surface area (Å²) in [5.74, 6) is 1.32. The Bertz CT molecular complexity index is 8060. The number of hydrogen-bond donors (Lipinski definition) is 0. The van der Waals surface area contributed by atoms with Crippen molar-refractivity contribution >= 4 is 131 Å². The predicted octanol–water partition coefficient (Wildman–Crippen LogP) is 28.0. The van der Waals surface area contributed by atoms with Gasteiger partial charge < -0.3 is 9.13 Å². The van der Waals surface area contributed by atoms with Crippen LogP contribution >= 0.6 is 0 Å². The lowest BCUT2D eigenvalue weighted by atomic mass is 9.98. The number of para-hydroxylation sites is 8. The van der Waals surface area contributed by atoms with Gasteiger partial charge in [-0.25, -0.2) is 19.9 Å². The van der Waals surface area contributed by atoms with E-state index in [2.05, 4.69) is 431 Å². The maximum absolute atomic E-state index is 5.39. The van der Waals surface area contributed by atoms with E-state index in [4.69, 9.17) is 19.9 Å². The Kier molecular flexibility index (Phi) is 15.5. The number of hydrogen-bond acceptors (Lipinski definition) is 4. The van der Waals surface area contributed by atoms with Crippen molar-refractivity contribution in [2.75, 3.05) is 0 Å². The number of aromatic nitrogens is 8. The first-order chi connectivity index (χ1) is 57.5. The molecule has 540 valence electrons. The van der Waals surface area contributed by atoms with Crippen molar-refractivity contribution in [1.29, 1.82) is 0 Å². The van der Waals surface area contributed by atoms with E-state index < -0.39 is 0 Å². The summed E-state index contributed by atoms with van der Waals surface area (Å²) >= 11 is 0. The van der Waals surface area contributed by atoms with Crippen molar-refractivity contribution in [1.82, 2.24) is 38.2 Å². The van der Waals surface area contributed by atoms with Crippen LogP contribution in [0, 0.1) is 0 Å². The number of rotatable bonds is 10. The fourth-order valence-corrected chi connectivity index (χ4v) is 18.0. The Morgan fingerprint density at radius 3 is 0.897 bits per heavy atom. The second-order valence-electron chi connectivity index (χ2n) is 30.0. The van der Waals surface area contributed by atoms with Crippen molar-refractivity contribution in [3.63, 3.8) is 0 Å². The van der Waals surface area contributed by atoms with E-state index in [-0.39, 0.29) is 0 Å². The zero-order valence-electron chi connectivity index (χ0n) is 62.8. The molecule has 8 heteroatoms. The van der Waals surface area contributed by atoms with Crippen LogP contribution in [0.15, 0.2) is 413 Å². The molecule has 0 atom stereocenters. The van der Waals surface area contributed by atoms with Crippen molar-refractivity contribution in [2.24, 2.45) is 0 Å². The Hall–Kier alpha value is -15.6. The van der Waals surface area contributed by atoms with Gasteiger partial charge in [0.25, 0.3) is 0 Å². The maximum atomic E-state index is 5.39. The summed E-state index contributed by atoms with van der Waals surface area (Å²) in [5, 5.41) is 16.5. The smallest absolute Gasteiger partial charge is 0.235 e. The zero-order valence-corrected chi connectivity index (χ0v) is 62.8. The molecule has 0 unspecified atom stereocenters. The molecule has 0 N–H and O–H groups in total. The summed E-state index contributed by atoms with van der Waals surface area (Å²) in [6.45, 7) is 0. The molecule has 0 aliphatic carbocycles. The molecule has 6 aromatic heterocycles. The molecule has 8 nitrogen and oxygen atoms in total. The second kappa shape index (κ2) is 27.1. The van der Waals surface area contributed by atoms with Gasteiger partial charge in [-0.15, -0.1) is 0 Å². The number of benzene rings is 18. The standard InChI is InChI=1S/2C54H34N4/c1-2-15-40(16-3-1)57-49-23-10-7-18-42(49)46-33-38(29-31-51(46)57)35-25-27-36(28-26-35)39-30-32-52-47(34-39)43-19-8-11-24-50(43)58(52)54-55-48-22-9-6-20-45(48)53(56-54)44-21-12-14-37-13-4-5-17-41(37)44;1-2-14-42(15-3-1)57-49-20-10-7-16-43(49)46-33-39(28-30-51(46)57)36-22-24-37(25-23-36)40-29-31-52-47(34-40)44-17-8-11-21-50(44)58(52)54-55-48-19-9-6-18-45(48)53(56-54)41-27-26-35-12-4-5-13-38(35)32-41/h2*1-34H. The fraction of sp³-hybridized carbons (Fsp3) is 0. The highest BCUT2D eigenvalue weighted by Crippen LogP contribution is 2.43. The first kappa shape index (κ1) is 66.2. The van der Waals surface area contributed by atoms with Crippen molar-refractivity contribution in [3.05, 3.63) is 413 Å². The van der Waals surface area contributed by atoms with Crippen LogP contribution in [-0.2, 0) is 0 Å². The van der Waals surface area contributed by atoms with Crippen molar-refractivity contribution in [2.45, 2.75) is 0 Å². The van der Waals surface area contributed by atoms with Crippen LogP contribution in [0.25, 0.3) is 221 Å². The molecule has 6 heterocycles. The Morgan fingerprint density at radius 1 is 0.155 bits per heavy atom.